The van der Waals surface area contributed by atoms with Gasteiger partial charge < -0.3 is 9.47 Å². The van der Waals surface area contributed by atoms with Gasteiger partial charge in [0.1, 0.15) is 6.04 Å². The fraction of sp³-hybridized carbons (Fsp3) is 0.500. The minimum atomic E-state index is -0.867. The van der Waals surface area contributed by atoms with Crippen LogP contribution in [-0.2, 0) is 14.3 Å². The molecule has 1 aromatic carbocycles. The number of carbonyl (C=O) groups is 3. The second-order valence-corrected chi connectivity index (χ2v) is 6.19. The Bertz CT molecular complexity index is 601. The van der Waals surface area contributed by atoms with Gasteiger partial charge >= 0.3 is 12.2 Å². The van der Waals surface area contributed by atoms with Crippen molar-refractivity contribution in [1.82, 2.24) is 10.0 Å². The number of hydrazine groups is 1. The molecule has 0 bridgehead atoms. The van der Waals surface area contributed by atoms with Crippen LogP contribution in [0.25, 0.3) is 0 Å². The first kappa shape index (κ1) is 20.5. The second kappa shape index (κ2) is 9.05. The van der Waals surface area contributed by atoms with Crippen molar-refractivity contribution in [3.63, 3.8) is 0 Å². The van der Waals surface area contributed by atoms with Crippen LogP contribution in [0, 0.1) is 6.92 Å². The molecule has 2 rings (SSSR count). The molecule has 25 heavy (non-hydrogen) atoms. The smallest absolute Gasteiger partial charge is 0.436 e. The normalized spacial score (nSPS) is 16.2. The summed E-state index contributed by atoms with van der Waals surface area (Å²) in [5.74, 6) is -0.485. The Balaban J connectivity index is 0.000000370. The third-order valence-corrected chi connectivity index (χ3v) is 3.12. The SMILES string of the molecule is CC(C)OC(=O)N1C(=O)[C@H](C)N1C(=O)OC(C)C.Cc1ccccc1. The molecule has 1 aliphatic heterocycles. The highest BCUT2D eigenvalue weighted by atomic mass is 16.6. The van der Waals surface area contributed by atoms with E-state index in [1.807, 2.05) is 18.2 Å². The number of amides is 3. The topological polar surface area (TPSA) is 76.2 Å². The molecule has 1 saturated heterocycles. The van der Waals surface area contributed by atoms with Gasteiger partial charge in [0.15, 0.2) is 0 Å². The van der Waals surface area contributed by atoms with Crippen LogP contribution < -0.4 is 0 Å². The van der Waals surface area contributed by atoms with Gasteiger partial charge in [0.2, 0.25) is 0 Å². The van der Waals surface area contributed by atoms with Gasteiger partial charge in [-0.3, -0.25) is 4.79 Å². The van der Waals surface area contributed by atoms with E-state index in [4.69, 9.17) is 9.47 Å². The first-order valence-corrected chi connectivity index (χ1v) is 8.21. The number of hydrogen-bond acceptors (Lipinski definition) is 5. The Morgan fingerprint density at radius 2 is 1.44 bits per heavy atom. The number of ether oxygens (including phenoxy) is 2. The van der Waals surface area contributed by atoms with E-state index in [1.165, 1.54) is 12.5 Å². The third-order valence-electron chi connectivity index (χ3n) is 3.12. The molecule has 0 N–H and O–H groups in total. The van der Waals surface area contributed by atoms with Crippen molar-refractivity contribution in [3.05, 3.63) is 35.9 Å². The van der Waals surface area contributed by atoms with Crippen LogP contribution in [0.4, 0.5) is 9.59 Å². The largest absolute Gasteiger partial charge is 0.445 e. The van der Waals surface area contributed by atoms with Crippen LogP contribution in [0.1, 0.15) is 40.2 Å². The van der Waals surface area contributed by atoms with E-state index in [9.17, 15) is 14.4 Å². The van der Waals surface area contributed by atoms with Gasteiger partial charge in [-0.05, 0) is 41.5 Å². The zero-order chi connectivity index (χ0) is 19.1. The van der Waals surface area contributed by atoms with Crippen LogP contribution in [0.15, 0.2) is 30.3 Å². The number of rotatable bonds is 2. The lowest BCUT2D eigenvalue weighted by Crippen LogP contribution is -2.71. The molecule has 138 valence electrons. The van der Waals surface area contributed by atoms with Crippen molar-refractivity contribution in [2.45, 2.75) is 59.8 Å². The van der Waals surface area contributed by atoms with Crippen molar-refractivity contribution in [2.24, 2.45) is 0 Å². The van der Waals surface area contributed by atoms with E-state index in [0.29, 0.717) is 5.01 Å². The lowest BCUT2D eigenvalue weighted by atomic mass is 10.2. The molecule has 1 heterocycles. The number of nitrogens with zero attached hydrogens (tertiary/aromatic N) is 2. The van der Waals surface area contributed by atoms with Crippen molar-refractivity contribution in [1.29, 1.82) is 0 Å². The maximum Gasteiger partial charge on any atom is 0.436 e. The monoisotopic (exact) mass is 350 g/mol. The molecule has 1 aliphatic rings. The van der Waals surface area contributed by atoms with E-state index >= 15 is 0 Å². The van der Waals surface area contributed by atoms with E-state index in [2.05, 4.69) is 19.1 Å². The maximum atomic E-state index is 11.7. The molecule has 0 saturated carbocycles. The summed E-state index contributed by atoms with van der Waals surface area (Å²) in [6.45, 7) is 10.3. The minimum Gasteiger partial charge on any atom is -0.445 e. The summed E-state index contributed by atoms with van der Waals surface area (Å²) in [5.41, 5.74) is 1.32. The lowest BCUT2D eigenvalue weighted by Gasteiger charge is -2.44. The molecule has 0 spiro atoms. The molecule has 0 radical (unpaired) electrons. The van der Waals surface area contributed by atoms with Crippen LogP contribution >= 0.6 is 0 Å². The minimum absolute atomic E-state index is 0.330. The average molecular weight is 350 g/mol. The number of aryl methyl sites for hydroxylation is 1. The van der Waals surface area contributed by atoms with E-state index in [1.54, 1.807) is 27.7 Å². The van der Waals surface area contributed by atoms with Gasteiger partial charge in [-0.25, -0.2) is 9.59 Å². The molecule has 3 amide bonds. The van der Waals surface area contributed by atoms with Crippen LogP contribution in [0.3, 0.4) is 0 Å². The van der Waals surface area contributed by atoms with Gasteiger partial charge in [-0.1, -0.05) is 35.9 Å². The van der Waals surface area contributed by atoms with E-state index in [0.717, 1.165) is 5.01 Å². The fourth-order valence-corrected chi connectivity index (χ4v) is 1.96. The molecule has 0 aliphatic carbocycles. The van der Waals surface area contributed by atoms with E-state index < -0.39 is 24.1 Å². The third kappa shape index (κ3) is 5.77. The van der Waals surface area contributed by atoms with Crippen LogP contribution in [0.5, 0.6) is 0 Å². The highest BCUT2D eigenvalue weighted by Gasteiger charge is 2.51. The highest BCUT2D eigenvalue weighted by Crippen LogP contribution is 2.23. The zero-order valence-corrected chi connectivity index (χ0v) is 15.6. The first-order valence-electron chi connectivity index (χ1n) is 8.21. The summed E-state index contributed by atoms with van der Waals surface area (Å²) in [6, 6.07) is 9.55. The number of imide groups is 1. The first-order chi connectivity index (χ1) is 11.6. The summed E-state index contributed by atoms with van der Waals surface area (Å²) >= 11 is 0. The van der Waals surface area contributed by atoms with Gasteiger partial charge in [-0.15, -0.1) is 5.01 Å². The molecule has 1 aromatic rings. The van der Waals surface area contributed by atoms with Crippen molar-refractivity contribution < 1.29 is 23.9 Å². The van der Waals surface area contributed by atoms with E-state index in [-0.39, 0.29) is 12.2 Å². The average Bonchev–Trinajstić information content (AvgIpc) is 2.51. The summed E-state index contributed by atoms with van der Waals surface area (Å²) in [7, 11) is 0. The Kier molecular flexibility index (Phi) is 7.42. The Morgan fingerprint density at radius 1 is 0.960 bits per heavy atom. The molecule has 1 atom stereocenters. The zero-order valence-electron chi connectivity index (χ0n) is 15.6. The summed E-state index contributed by atoms with van der Waals surface area (Å²) in [6.07, 6.45) is -2.31. The van der Waals surface area contributed by atoms with Gasteiger partial charge in [0, 0.05) is 0 Å². The lowest BCUT2D eigenvalue weighted by molar-refractivity contribution is -0.177. The van der Waals surface area contributed by atoms with Crippen molar-refractivity contribution in [2.75, 3.05) is 0 Å². The summed E-state index contributed by atoms with van der Waals surface area (Å²) < 4.78 is 9.82. The number of carbonyl (C=O) groups excluding carboxylic acids is 3. The summed E-state index contributed by atoms with van der Waals surface area (Å²) in [5, 5.41) is 1.61. The van der Waals surface area contributed by atoms with Crippen LogP contribution in [-0.4, -0.2) is 46.4 Å². The molecule has 0 aromatic heterocycles. The van der Waals surface area contributed by atoms with Crippen molar-refractivity contribution in [3.8, 4) is 0 Å². The predicted octanol–water partition coefficient (Wildman–Crippen LogP) is 3.52. The van der Waals surface area contributed by atoms with Gasteiger partial charge in [0.25, 0.3) is 5.91 Å². The number of benzene rings is 1. The summed E-state index contributed by atoms with van der Waals surface area (Å²) in [4.78, 5) is 34.9. The Hall–Kier alpha value is -2.57. The van der Waals surface area contributed by atoms with Crippen LogP contribution in [0.2, 0.25) is 0 Å². The number of hydrogen-bond donors (Lipinski definition) is 0. The maximum absolute atomic E-state index is 11.7. The highest BCUT2D eigenvalue weighted by molar-refractivity contribution is 6.02. The Labute approximate surface area is 148 Å². The fourth-order valence-electron chi connectivity index (χ4n) is 1.96. The molecular formula is C18H26N2O5. The molecule has 0 unspecified atom stereocenters. The molecule has 1 fully saturated rings. The molecule has 7 nitrogen and oxygen atoms in total. The van der Waals surface area contributed by atoms with Gasteiger partial charge in [-0.2, -0.15) is 5.01 Å². The standard InChI is InChI=1S/C11H18N2O5.C7H8/c1-6(2)17-10(15)12-8(5)9(14)13(12)11(16)18-7(3)4;1-7-5-3-2-4-6-7/h6-8H,1-5H3;2-6H,1H3/t8-;/m0./s1. The van der Waals surface area contributed by atoms with Crippen molar-refractivity contribution >= 4 is 18.1 Å². The van der Waals surface area contributed by atoms with Gasteiger partial charge in [0.05, 0.1) is 12.2 Å². The quantitative estimate of drug-likeness (QED) is 0.816. The molecule has 7 heteroatoms. The second-order valence-electron chi connectivity index (χ2n) is 6.19. The Morgan fingerprint density at radius 3 is 1.84 bits per heavy atom. The predicted molar refractivity (Wildman–Crippen MR) is 92.6 cm³/mol. The molecular weight excluding hydrogens is 324 g/mol.